The minimum absolute atomic E-state index is 0.271. The van der Waals surface area contributed by atoms with Crippen molar-refractivity contribution in [1.29, 1.82) is 0 Å². The molecule has 2 atom stereocenters. The lowest BCUT2D eigenvalue weighted by atomic mass is 9.96. The number of benzene rings is 2. The molecule has 4 aromatic rings. The Hall–Kier alpha value is -3.76. The molecule has 0 radical (unpaired) electrons. The van der Waals surface area contributed by atoms with E-state index in [-0.39, 0.29) is 17.9 Å². The number of hydrogen-bond donors (Lipinski definition) is 2. The van der Waals surface area contributed by atoms with Gasteiger partial charge >= 0.3 is 0 Å². The van der Waals surface area contributed by atoms with Crippen LogP contribution < -0.4 is 14.9 Å². The molecule has 0 amide bonds. The van der Waals surface area contributed by atoms with Crippen LogP contribution in [0.25, 0.3) is 5.69 Å². The predicted octanol–water partition coefficient (Wildman–Crippen LogP) is 5.49. The third-order valence-corrected chi connectivity index (χ3v) is 7.67. The number of anilines is 2. The summed E-state index contributed by atoms with van der Waals surface area (Å²) < 4.78 is 42.9. The monoisotopic (exact) mass is 549 g/mol. The molecular formula is C28H28FN5O2S2. The van der Waals surface area contributed by atoms with Gasteiger partial charge in [0.25, 0.3) is 0 Å². The third kappa shape index (κ3) is 4.77. The Labute approximate surface area is 227 Å². The molecule has 2 aromatic heterocycles. The van der Waals surface area contributed by atoms with Gasteiger partial charge in [0.05, 0.1) is 35.4 Å². The molecule has 3 heterocycles. The third-order valence-electron chi connectivity index (χ3n) is 6.76. The van der Waals surface area contributed by atoms with Gasteiger partial charge in [0.1, 0.15) is 5.82 Å². The molecule has 0 bridgehead atoms. The standard InChI is InChI=1S/C28H28FN5O2S2/c1-17-15-20(12-13-23(17)32-38(4,35)36)34-27(26(31-28(34)37)24-10-7-8-14-30-24)21-16-18(2)33(19(21)3)25-11-6-5-9-22(25)29/h5-16,26-27,32H,1-4H3,(H,31,37)/t26-,27+/m0/s1. The number of aryl methyl sites for hydroxylation is 2. The number of pyridine rings is 1. The van der Waals surface area contributed by atoms with Crippen molar-refractivity contribution in [3.63, 3.8) is 0 Å². The van der Waals surface area contributed by atoms with E-state index in [4.69, 9.17) is 12.2 Å². The quantitative estimate of drug-likeness (QED) is 0.310. The van der Waals surface area contributed by atoms with Crippen LogP contribution in [0.3, 0.4) is 0 Å². The molecule has 1 saturated heterocycles. The van der Waals surface area contributed by atoms with Gasteiger partial charge in [-0.2, -0.15) is 0 Å². The molecule has 0 spiro atoms. The SMILES string of the molecule is Cc1cc(N2C(=S)N[C@@H](c3ccccn3)[C@H]2c2cc(C)n(-c3ccccc3F)c2C)ccc1NS(C)(=O)=O. The summed E-state index contributed by atoms with van der Waals surface area (Å²) in [5.74, 6) is -0.302. The van der Waals surface area contributed by atoms with E-state index in [0.29, 0.717) is 16.5 Å². The summed E-state index contributed by atoms with van der Waals surface area (Å²) in [6.07, 6.45) is 2.87. The number of hydrogen-bond acceptors (Lipinski definition) is 4. The molecule has 2 aromatic carbocycles. The van der Waals surface area contributed by atoms with Gasteiger partial charge in [-0.3, -0.25) is 9.71 Å². The van der Waals surface area contributed by atoms with Gasteiger partial charge < -0.3 is 14.8 Å². The van der Waals surface area contributed by atoms with E-state index in [1.807, 2.05) is 66.6 Å². The Bertz CT molecular complexity index is 1640. The Morgan fingerprint density at radius 3 is 2.42 bits per heavy atom. The highest BCUT2D eigenvalue weighted by Crippen LogP contribution is 2.44. The minimum atomic E-state index is -3.42. The van der Waals surface area contributed by atoms with Crippen LogP contribution in [0.15, 0.2) is 72.9 Å². The first-order valence-electron chi connectivity index (χ1n) is 12.1. The number of para-hydroxylation sites is 1. The number of nitrogens with zero attached hydrogens (tertiary/aromatic N) is 3. The van der Waals surface area contributed by atoms with Crippen molar-refractivity contribution >= 4 is 38.7 Å². The normalized spacial score (nSPS) is 17.5. The van der Waals surface area contributed by atoms with Crippen LogP contribution in [0.2, 0.25) is 0 Å². The summed E-state index contributed by atoms with van der Waals surface area (Å²) >= 11 is 5.85. The fraction of sp³-hybridized carbons (Fsp3) is 0.214. The highest BCUT2D eigenvalue weighted by molar-refractivity contribution is 7.92. The lowest BCUT2D eigenvalue weighted by Gasteiger charge is -2.29. The van der Waals surface area contributed by atoms with E-state index in [2.05, 4.69) is 21.1 Å². The molecule has 10 heteroatoms. The zero-order valence-corrected chi connectivity index (χ0v) is 23.1. The maximum Gasteiger partial charge on any atom is 0.229 e. The molecule has 0 saturated carbocycles. The van der Waals surface area contributed by atoms with Crippen LogP contribution in [0.4, 0.5) is 15.8 Å². The topological polar surface area (TPSA) is 79.3 Å². The summed E-state index contributed by atoms with van der Waals surface area (Å²) in [4.78, 5) is 6.64. The van der Waals surface area contributed by atoms with Crippen LogP contribution in [0, 0.1) is 26.6 Å². The number of nitrogens with one attached hydrogen (secondary N) is 2. The van der Waals surface area contributed by atoms with Gasteiger partial charge in [-0.05, 0) is 92.6 Å². The molecule has 5 rings (SSSR count). The maximum atomic E-state index is 14.8. The number of thiocarbonyl (C=S) groups is 1. The maximum absolute atomic E-state index is 14.8. The lowest BCUT2D eigenvalue weighted by Crippen LogP contribution is -2.29. The lowest BCUT2D eigenvalue weighted by molar-refractivity contribution is 0.564. The smallest absolute Gasteiger partial charge is 0.229 e. The van der Waals surface area contributed by atoms with Crippen molar-refractivity contribution in [2.24, 2.45) is 0 Å². The second kappa shape index (κ2) is 9.85. The highest BCUT2D eigenvalue weighted by atomic mass is 32.2. The predicted molar refractivity (Wildman–Crippen MR) is 153 cm³/mol. The van der Waals surface area contributed by atoms with Crippen LogP contribution in [0.5, 0.6) is 0 Å². The van der Waals surface area contributed by atoms with Crippen LogP contribution in [-0.4, -0.2) is 29.3 Å². The molecule has 1 aliphatic rings. The first kappa shape index (κ1) is 25.9. The number of rotatable bonds is 6. The van der Waals surface area contributed by atoms with Crippen molar-refractivity contribution < 1.29 is 12.8 Å². The minimum Gasteiger partial charge on any atom is -0.351 e. The second-order valence-corrected chi connectivity index (χ2v) is 11.6. The van der Waals surface area contributed by atoms with E-state index in [1.165, 1.54) is 6.07 Å². The molecule has 7 nitrogen and oxygen atoms in total. The van der Waals surface area contributed by atoms with Gasteiger partial charge in [-0.15, -0.1) is 0 Å². The number of aromatic nitrogens is 2. The summed E-state index contributed by atoms with van der Waals surface area (Å²) in [6.45, 7) is 5.78. The van der Waals surface area contributed by atoms with E-state index in [9.17, 15) is 12.8 Å². The van der Waals surface area contributed by atoms with Crippen LogP contribution in [0.1, 0.15) is 40.3 Å². The Morgan fingerprint density at radius 1 is 1.03 bits per heavy atom. The van der Waals surface area contributed by atoms with Gasteiger partial charge in [0.2, 0.25) is 10.0 Å². The average molecular weight is 550 g/mol. The van der Waals surface area contributed by atoms with Crippen molar-refractivity contribution in [2.75, 3.05) is 15.9 Å². The second-order valence-electron chi connectivity index (χ2n) is 9.48. The molecular weight excluding hydrogens is 521 g/mol. The fourth-order valence-corrected chi connectivity index (χ4v) is 6.13. The molecule has 38 heavy (non-hydrogen) atoms. The summed E-state index contributed by atoms with van der Waals surface area (Å²) in [6, 6.07) is 19.5. The van der Waals surface area contributed by atoms with Crippen molar-refractivity contribution in [2.45, 2.75) is 32.9 Å². The molecule has 2 N–H and O–H groups in total. The van der Waals surface area contributed by atoms with Crippen molar-refractivity contribution in [3.8, 4) is 5.69 Å². The zero-order chi connectivity index (χ0) is 27.2. The first-order valence-corrected chi connectivity index (χ1v) is 14.4. The Kier molecular flexibility index (Phi) is 6.70. The van der Waals surface area contributed by atoms with E-state index in [1.54, 1.807) is 24.4 Å². The summed E-state index contributed by atoms with van der Waals surface area (Å²) in [5.41, 5.74) is 6.13. The largest absolute Gasteiger partial charge is 0.351 e. The number of halogens is 1. The molecule has 196 valence electrons. The molecule has 1 fully saturated rings. The molecule has 0 unspecified atom stereocenters. The van der Waals surface area contributed by atoms with Gasteiger partial charge in [0, 0.05) is 23.3 Å². The van der Waals surface area contributed by atoms with Gasteiger partial charge in [-0.1, -0.05) is 18.2 Å². The molecule has 0 aliphatic carbocycles. The van der Waals surface area contributed by atoms with Gasteiger partial charge in [-0.25, -0.2) is 12.8 Å². The fourth-order valence-electron chi connectivity index (χ4n) is 5.15. The highest BCUT2D eigenvalue weighted by Gasteiger charge is 2.42. The van der Waals surface area contributed by atoms with Crippen molar-refractivity contribution in [1.82, 2.24) is 14.9 Å². The van der Waals surface area contributed by atoms with Crippen LogP contribution >= 0.6 is 12.2 Å². The average Bonchev–Trinajstić information content (AvgIpc) is 3.36. The first-order chi connectivity index (χ1) is 18.0. The van der Waals surface area contributed by atoms with E-state index < -0.39 is 10.0 Å². The van der Waals surface area contributed by atoms with Crippen molar-refractivity contribution in [3.05, 3.63) is 107 Å². The zero-order valence-electron chi connectivity index (χ0n) is 21.4. The Morgan fingerprint density at radius 2 is 1.76 bits per heavy atom. The number of sulfonamides is 1. The Balaban J connectivity index is 1.66. The summed E-state index contributed by atoms with van der Waals surface area (Å²) in [7, 11) is -3.42. The summed E-state index contributed by atoms with van der Waals surface area (Å²) in [5, 5.41) is 3.96. The van der Waals surface area contributed by atoms with E-state index in [0.717, 1.165) is 40.2 Å². The van der Waals surface area contributed by atoms with E-state index >= 15 is 0 Å². The molecule has 1 aliphatic heterocycles. The van der Waals surface area contributed by atoms with Crippen LogP contribution in [-0.2, 0) is 10.0 Å². The van der Waals surface area contributed by atoms with Gasteiger partial charge in [0.15, 0.2) is 5.11 Å².